The minimum Gasteiger partial charge on any atom is -0.421 e. The van der Waals surface area contributed by atoms with Crippen molar-refractivity contribution in [3.8, 4) is 0 Å². The van der Waals surface area contributed by atoms with Crippen LogP contribution in [0.3, 0.4) is 0 Å². The van der Waals surface area contributed by atoms with Gasteiger partial charge in [-0.1, -0.05) is 55.1 Å². The lowest BCUT2D eigenvalue weighted by molar-refractivity contribution is 0.972. The first-order chi connectivity index (χ1) is 11.2. The molecule has 1 aliphatic rings. The van der Waals surface area contributed by atoms with Gasteiger partial charge in [0, 0.05) is 12.2 Å². The molecule has 23 heavy (non-hydrogen) atoms. The summed E-state index contributed by atoms with van der Waals surface area (Å²) in [5.74, 6) is 0. The van der Waals surface area contributed by atoms with E-state index in [-0.39, 0.29) is 0 Å². The molecule has 0 saturated heterocycles. The van der Waals surface area contributed by atoms with E-state index >= 15 is 0 Å². The highest BCUT2D eigenvalue weighted by Gasteiger charge is 2.16. The van der Waals surface area contributed by atoms with Crippen molar-refractivity contribution in [2.45, 2.75) is 12.8 Å². The smallest absolute Gasteiger partial charge is 0.217 e. The molecule has 1 heterocycles. The zero-order valence-corrected chi connectivity index (χ0v) is 13.5. The number of rotatable bonds is 2. The Morgan fingerprint density at radius 1 is 0.913 bits per heavy atom. The molecule has 0 N–H and O–H groups in total. The van der Waals surface area contributed by atoms with Crippen LogP contribution in [0.4, 0.5) is 5.69 Å². The quantitative estimate of drug-likeness (QED) is 0.641. The average Bonchev–Trinajstić information content (AvgIpc) is 2.58. The molecule has 0 radical (unpaired) electrons. The Morgan fingerprint density at radius 2 is 1.65 bits per heavy atom. The van der Waals surface area contributed by atoms with Gasteiger partial charge in [-0.05, 0) is 58.0 Å². The molecule has 4 rings (SSSR count). The van der Waals surface area contributed by atoms with Gasteiger partial charge in [0.05, 0.1) is 0 Å². The van der Waals surface area contributed by atoms with Crippen molar-refractivity contribution in [1.29, 1.82) is 0 Å². The van der Waals surface area contributed by atoms with Crippen molar-refractivity contribution in [2.24, 2.45) is 0 Å². The average molecular weight is 297 g/mol. The Bertz CT molecular complexity index is 897. The van der Waals surface area contributed by atoms with Gasteiger partial charge in [0.2, 0.25) is 7.98 Å². The zero-order valence-electron chi connectivity index (χ0n) is 13.5. The van der Waals surface area contributed by atoms with Gasteiger partial charge < -0.3 is 4.81 Å². The molecule has 0 fully saturated rings. The lowest BCUT2D eigenvalue weighted by Crippen LogP contribution is -2.25. The van der Waals surface area contributed by atoms with E-state index in [4.69, 9.17) is 0 Å². The maximum absolute atomic E-state index is 4.25. The summed E-state index contributed by atoms with van der Waals surface area (Å²) in [6.45, 7) is 5.32. The third kappa shape index (κ3) is 2.65. The molecule has 0 unspecified atom stereocenters. The molecule has 2 heteroatoms. The molecule has 1 aliphatic heterocycles. The number of nitrogens with zero attached hydrogens (tertiary/aromatic N) is 1. The van der Waals surface area contributed by atoms with Gasteiger partial charge in [-0.25, -0.2) is 0 Å². The summed E-state index contributed by atoms with van der Waals surface area (Å²) in [6.07, 6.45) is 2.03. The lowest BCUT2D eigenvalue weighted by atomic mass is 9.91. The van der Waals surface area contributed by atoms with Crippen molar-refractivity contribution in [3.63, 3.8) is 0 Å². The fourth-order valence-electron chi connectivity index (χ4n) is 3.45. The third-order valence-electron chi connectivity index (χ3n) is 4.82. The molecule has 0 bridgehead atoms. The van der Waals surface area contributed by atoms with Crippen molar-refractivity contribution < 1.29 is 0 Å². The lowest BCUT2D eigenvalue weighted by Gasteiger charge is -2.30. The number of hydrogen-bond donors (Lipinski definition) is 0. The van der Waals surface area contributed by atoms with Crippen LogP contribution in [0, 0.1) is 0 Å². The SMILES string of the molecule is BN1CCC(=C)c2cc(Cc3ccc4ccccc4c3)ccc21. The Balaban J connectivity index is 1.68. The molecule has 112 valence electrons. The standard InChI is InChI=1S/C21H20BN/c1-15-10-11-23(22)21-9-7-17(14-20(15)21)12-16-6-8-18-4-2-3-5-19(18)13-16/h2-9,13-14H,1,10-12,22H2. The van der Waals surface area contributed by atoms with E-state index in [9.17, 15) is 0 Å². The van der Waals surface area contributed by atoms with E-state index in [2.05, 4.69) is 80.0 Å². The molecule has 0 saturated carbocycles. The fourth-order valence-corrected chi connectivity index (χ4v) is 3.45. The van der Waals surface area contributed by atoms with Gasteiger partial charge in [-0.15, -0.1) is 0 Å². The molecule has 0 aromatic heterocycles. The molecular formula is C21H20BN. The van der Waals surface area contributed by atoms with Crippen LogP contribution in [0.15, 0.2) is 67.2 Å². The summed E-state index contributed by atoms with van der Waals surface area (Å²) >= 11 is 0. The molecular weight excluding hydrogens is 277 g/mol. The Morgan fingerprint density at radius 3 is 2.52 bits per heavy atom. The maximum atomic E-state index is 4.25. The second-order valence-electron chi connectivity index (χ2n) is 6.48. The van der Waals surface area contributed by atoms with E-state index < -0.39 is 0 Å². The highest BCUT2D eigenvalue weighted by molar-refractivity contribution is 6.19. The first-order valence-corrected chi connectivity index (χ1v) is 8.20. The maximum Gasteiger partial charge on any atom is 0.217 e. The van der Waals surface area contributed by atoms with Crippen LogP contribution in [-0.2, 0) is 6.42 Å². The molecule has 1 nitrogen and oxygen atoms in total. The topological polar surface area (TPSA) is 3.24 Å². The van der Waals surface area contributed by atoms with E-state index in [1.54, 1.807) is 0 Å². The minimum atomic E-state index is 0.967. The van der Waals surface area contributed by atoms with E-state index in [1.165, 1.54) is 38.7 Å². The molecule has 0 aliphatic carbocycles. The number of benzene rings is 3. The predicted molar refractivity (Wildman–Crippen MR) is 103 cm³/mol. The fraction of sp³-hybridized carbons (Fsp3) is 0.143. The van der Waals surface area contributed by atoms with Gasteiger partial charge in [-0.2, -0.15) is 0 Å². The van der Waals surface area contributed by atoms with Gasteiger partial charge in [-0.3, -0.25) is 0 Å². The molecule has 0 spiro atoms. The third-order valence-corrected chi connectivity index (χ3v) is 4.82. The van der Waals surface area contributed by atoms with Crippen LogP contribution in [0.2, 0.25) is 0 Å². The number of hydrogen-bond acceptors (Lipinski definition) is 1. The Hall–Kier alpha value is -2.48. The molecule has 0 atom stereocenters. The monoisotopic (exact) mass is 297 g/mol. The normalized spacial score (nSPS) is 14.1. The summed E-state index contributed by atoms with van der Waals surface area (Å²) < 4.78 is 0. The number of anilines is 1. The van der Waals surface area contributed by atoms with Gasteiger partial charge >= 0.3 is 0 Å². The first kappa shape index (κ1) is 14.1. The Kier molecular flexibility index (Phi) is 3.46. The van der Waals surface area contributed by atoms with Crippen LogP contribution in [0.5, 0.6) is 0 Å². The van der Waals surface area contributed by atoms with Crippen molar-refractivity contribution in [3.05, 3.63) is 83.9 Å². The van der Waals surface area contributed by atoms with Crippen LogP contribution in [0.1, 0.15) is 23.1 Å². The van der Waals surface area contributed by atoms with Crippen molar-refractivity contribution in [2.75, 3.05) is 11.4 Å². The second kappa shape index (κ2) is 5.62. The van der Waals surface area contributed by atoms with E-state index in [0.717, 1.165) is 19.4 Å². The highest BCUT2D eigenvalue weighted by Crippen LogP contribution is 2.33. The molecule has 3 aromatic carbocycles. The van der Waals surface area contributed by atoms with Gasteiger partial charge in [0.1, 0.15) is 0 Å². The van der Waals surface area contributed by atoms with Gasteiger partial charge in [0.25, 0.3) is 0 Å². The van der Waals surface area contributed by atoms with Crippen LogP contribution < -0.4 is 4.81 Å². The van der Waals surface area contributed by atoms with Crippen molar-refractivity contribution in [1.82, 2.24) is 0 Å². The highest BCUT2D eigenvalue weighted by atomic mass is 15.0. The summed E-state index contributed by atoms with van der Waals surface area (Å²) in [5, 5.41) is 2.61. The summed E-state index contributed by atoms with van der Waals surface area (Å²) in [4.78, 5) is 2.32. The summed E-state index contributed by atoms with van der Waals surface area (Å²) in [6, 6.07) is 22.1. The predicted octanol–water partition coefficient (Wildman–Crippen LogP) is 4.20. The second-order valence-corrected chi connectivity index (χ2v) is 6.48. The Labute approximate surface area is 138 Å². The van der Waals surface area contributed by atoms with Crippen LogP contribution in [-0.4, -0.2) is 14.5 Å². The first-order valence-electron chi connectivity index (χ1n) is 8.20. The van der Waals surface area contributed by atoms with E-state index in [1.807, 2.05) is 0 Å². The van der Waals surface area contributed by atoms with Crippen LogP contribution in [0.25, 0.3) is 16.3 Å². The van der Waals surface area contributed by atoms with Crippen LogP contribution >= 0.6 is 0 Å². The van der Waals surface area contributed by atoms with E-state index in [0.29, 0.717) is 0 Å². The summed E-state index contributed by atoms with van der Waals surface area (Å²) in [7, 11) is 2.16. The van der Waals surface area contributed by atoms with Crippen molar-refractivity contribution >= 4 is 30.0 Å². The minimum absolute atomic E-state index is 0.967. The summed E-state index contributed by atoms with van der Waals surface area (Å²) in [5.41, 5.74) is 6.60. The zero-order chi connectivity index (χ0) is 15.8. The number of fused-ring (bicyclic) bond motifs is 2. The molecule has 0 amide bonds. The molecule has 3 aromatic rings. The largest absolute Gasteiger partial charge is 0.421 e. The van der Waals surface area contributed by atoms with Gasteiger partial charge in [0.15, 0.2) is 0 Å².